The summed E-state index contributed by atoms with van der Waals surface area (Å²) in [5, 5.41) is 5.47. The molecule has 0 atom stereocenters. The number of Topliss-reactive ketones (excluding diaryl/α,β-unsaturated/α-hetero) is 1. The maximum Gasteiger partial charge on any atom is 0.244 e. The van der Waals surface area contributed by atoms with E-state index in [-0.39, 0.29) is 24.2 Å². The number of ketones is 1. The molecule has 1 aliphatic rings. The van der Waals surface area contributed by atoms with E-state index >= 15 is 0 Å². The van der Waals surface area contributed by atoms with Crippen LogP contribution in [-0.2, 0) is 11.3 Å². The maximum atomic E-state index is 13.1. The van der Waals surface area contributed by atoms with Gasteiger partial charge in [0.1, 0.15) is 18.0 Å². The van der Waals surface area contributed by atoms with Gasteiger partial charge in [0.15, 0.2) is 5.78 Å². The largest absolute Gasteiger partial charge is 0.497 e. The van der Waals surface area contributed by atoms with Crippen molar-refractivity contribution in [2.45, 2.75) is 71.8 Å². The molecule has 0 N–H and O–H groups in total. The molecule has 0 spiro atoms. The van der Waals surface area contributed by atoms with Gasteiger partial charge < -0.3 is 9.64 Å². The van der Waals surface area contributed by atoms with Crippen LogP contribution in [0, 0.1) is 5.92 Å². The molecule has 1 fully saturated rings. The average molecular weight is 414 g/mol. The number of rotatable bonds is 11. The molecule has 1 aliphatic carbocycles. The molecule has 1 saturated carbocycles. The Bertz CT molecular complexity index is 860. The Morgan fingerprint density at radius 3 is 2.40 bits per heavy atom. The Morgan fingerprint density at radius 1 is 1.13 bits per heavy atom. The number of benzene rings is 1. The molecule has 1 aromatic carbocycles. The number of unbranched alkanes of at least 4 members (excludes halogenated alkanes) is 2. The van der Waals surface area contributed by atoms with Gasteiger partial charge in [-0.25, -0.2) is 0 Å². The first kappa shape index (κ1) is 22.3. The molecule has 0 saturated heterocycles. The average Bonchev–Trinajstić information content (AvgIpc) is 3.41. The number of carbonyl (C=O) groups excluding carboxylic acids is 2. The zero-order chi connectivity index (χ0) is 21.5. The quantitative estimate of drug-likeness (QED) is 0.494. The Hall–Kier alpha value is -2.37. The van der Waals surface area contributed by atoms with Gasteiger partial charge in [-0.15, -0.1) is 0 Å². The Kier molecular flexibility index (Phi) is 7.88. The van der Waals surface area contributed by atoms with Crippen molar-refractivity contribution in [2.24, 2.45) is 5.92 Å². The Morgan fingerprint density at radius 2 is 1.80 bits per heavy atom. The zero-order valence-electron chi connectivity index (χ0n) is 18.7. The van der Waals surface area contributed by atoms with Gasteiger partial charge in [0.05, 0.1) is 12.6 Å². The number of aromatic nitrogens is 2. The molecule has 2 aromatic rings. The molecule has 6 nitrogen and oxygen atoms in total. The van der Waals surface area contributed by atoms with Gasteiger partial charge in [-0.05, 0) is 37.8 Å². The van der Waals surface area contributed by atoms with E-state index in [4.69, 9.17) is 4.74 Å². The fraction of sp³-hybridized carbons (Fsp3) is 0.625. The first-order valence-electron chi connectivity index (χ1n) is 11.5. The predicted octanol–water partition coefficient (Wildman–Crippen LogP) is 4.85. The van der Waals surface area contributed by atoms with Crippen LogP contribution in [0.5, 0.6) is 5.75 Å². The van der Waals surface area contributed by atoms with Gasteiger partial charge in [-0.2, -0.15) is 5.10 Å². The van der Waals surface area contributed by atoms with Crippen LogP contribution in [0.4, 0.5) is 0 Å². The number of ether oxygens (including phenoxy) is 1. The number of carbonyl (C=O) groups is 2. The minimum Gasteiger partial charge on any atom is -0.497 e. The molecule has 0 unspecified atom stereocenters. The van der Waals surface area contributed by atoms with Crippen LogP contribution in [0.2, 0.25) is 0 Å². The Balaban J connectivity index is 1.91. The lowest BCUT2D eigenvalue weighted by Gasteiger charge is -2.22. The zero-order valence-corrected chi connectivity index (χ0v) is 18.7. The van der Waals surface area contributed by atoms with E-state index in [9.17, 15) is 9.59 Å². The van der Waals surface area contributed by atoms with Gasteiger partial charge in [0.2, 0.25) is 5.91 Å². The maximum absolute atomic E-state index is 13.1. The normalized spacial score (nSPS) is 14.4. The van der Waals surface area contributed by atoms with Crippen LogP contribution in [0.3, 0.4) is 0 Å². The van der Waals surface area contributed by atoms with Crippen molar-refractivity contribution in [2.75, 3.05) is 20.2 Å². The van der Waals surface area contributed by atoms with Crippen LogP contribution < -0.4 is 4.74 Å². The van der Waals surface area contributed by atoms with E-state index in [0.29, 0.717) is 11.4 Å². The number of fused-ring (bicyclic) bond motifs is 1. The first-order valence-corrected chi connectivity index (χ1v) is 11.5. The predicted molar refractivity (Wildman–Crippen MR) is 119 cm³/mol. The van der Waals surface area contributed by atoms with Crippen LogP contribution in [0.1, 0.15) is 75.7 Å². The lowest BCUT2D eigenvalue weighted by Crippen LogP contribution is -2.35. The summed E-state index contributed by atoms with van der Waals surface area (Å²) >= 11 is 0. The molecule has 1 amide bonds. The summed E-state index contributed by atoms with van der Waals surface area (Å²) in [7, 11) is 1.62. The number of amides is 1. The number of nitrogens with zero attached hydrogens (tertiary/aromatic N) is 3. The van der Waals surface area contributed by atoms with Crippen molar-refractivity contribution >= 4 is 22.6 Å². The second-order valence-electron chi connectivity index (χ2n) is 8.32. The van der Waals surface area contributed by atoms with Crippen LogP contribution in [0.25, 0.3) is 10.9 Å². The molecule has 0 bridgehead atoms. The molecule has 164 valence electrons. The molecular weight excluding hydrogens is 378 g/mol. The molecule has 0 aliphatic heterocycles. The molecule has 6 heteroatoms. The van der Waals surface area contributed by atoms with E-state index in [1.807, 2.05) is 23.1 Å². The third-order valence-corrected chi connectivity index (χ3v) is 6.12. The van der Waals surface area contributed by atoms with Gasteiger partial charge in [0, 0.05) is 30.5 Å². The fourth-order valence-electron chi connectivity index (χ4n) is 4.25. The summed E-state index contributed by atoms with van der Waals surface area (Å²) in [6.45, 7) is 5.96. The lowest BCUT2D eigenvalue weighted by molar-refractivity contribution is -0.132. The summed E-state index contributed by atoms with van der Waals surface area (Å²) in [6, 6.07) is 5.64. The molecule has 3 rings (SSSR count). The third kappa shape index (κ3) is 5.02. The Labute approximate surface area is 179 Å². The summed E-state index contributed by atoms with van der Waals surface area (Å²) in [5.41, 5.74) is 1.29. The third-order valence-electron chi connectivity index (χ3n) is 6.12. The minimum atomic E-state index is 0.0555. The van der Waals surface area contributed by atoms with Crippen molar-refractivity contribution in [1.82, 2.24) is 14.7 Å². The van der Waals surface area contributed by atoms with Crippen molar-refractivity contribution in [3.8, 4) is 5.75 Å². The van der Waals surface area contributed by atoms with Crippen molar-refractivity contribution in [1.29, 1.82) is 0 Å². The van der Waals surface area contributed by atoms with Gasteiger partial charge >= 0.3 is 0 Å². The van der Waals surface area contributed by atoms with Crippen LogP contribution in [0.15, 0.2) is 18.2 Å². The number of methoxy groups -OCH3 is 1. The van der Waals surface area contributed by atoms with Crippen molar-refractivity contribution in [3.63, 3.8) is 0 Å². The van der Waals surface area contributed by atoms with E-state index in [0.717, 1.165) is 75.4 Å². The molecule has 1 aromatic heterocycles. The molecule has 1 heterocycles. The fourth-order valence-corrected chi connectivity index (χ4v) is 4.25. The van der Waals surface area contributed by atoms with Gasteiger partial charge in [-0.1, -0.05) is 39.5 Å². The van der Waals surface area contributed by atoms with E-state index in [1.54, 1.807) is 11.8 Å². The summed E-state index contributed by atoms with van der Waals surface area (Å²) in [4.78, 5) is 28.2. The molecule has 30 heavy (non-hydrogen) atoms. The summed E-state index contributed by atoms with van der Waals surface area (Å²) in [6.07, 6.45) is 8.17. The summed E-state index contributed by atoms with van der Waals surface area (Å²) in [5.74, 6) is 0.927. The lowest BCUT2D eigenvalue weighted by atomic mass is 9.98. The van der Waals surface area contributed by atoms with E-state index in [2.05, 4.69) is 18.9 Å². The number of hydrogen-bond acceptors (Lipinski definition) is 4. The topological polar surface area (TPSA) is 64.4 Å². The number of hydrogen-bond donors (Lipinski definition) is 0. The van der Waals surface area contributed by atoms with Crippen LogP contribution in [-0.4, -0.2) is 46.6 Å². The summed E-state index contributed by atoms with van der Waals surface area (Å²) < 4.78 is 7.09. The van der Waals surface area contributed by atoms with E-state index < -0.39 is 0 Å². The SMILES string of the molecule is CCCCN(CCCC)C(=O)Cn1nc(C(=O)C2CCCC2)c2ccc(OC)cc21. The molecule has 0 radical (unpaired) electrons. The monoisotopic (exact) mass is 413 g/mol. The first-order chi connectivity index (χ1) is 14.6. The second-order valence-corrected chi connectivity index (χ2v) is 8.32. The highest BCUT2D eigenvalue weighted by Crippen LogP contribution is 2.31. The van der Waals surface area contributed by atoms with Gasteiger partial charge in [-0.3, -0.25) is 14.3 Å². The van der Waals surface area contributed by atoms with Crippen molar-refractivity contribution in [3.05, 3.63) is 23.9 Å². The highest BCUT2D eigenvalue weighted by Gasteiger charge is 2.28. The standard InChI is InChI=1S/C24H35N3O3/c1-4-6-14-26(15-7-5-2)22(28)17-27-21-16-19(30-3)12-13-20(21)23(25-27)24(29)18-10-8-9-11-18/h12-13,16,18H,4-11,14-15,17H2,1-3H3. The van der Waals surface area contributed by atoms with Crippen LogP contribution >= 0.6 is 0 Å². The second kappa shape index (κ2) is 10.6. The highest BCUT2D eigenvalue weighted by atomic mass is 16.5. The highest BCUT2D eigenvalue weighted by molar-refractivity contribution is 6.07. The molecular formula is C24H35N3O3. The van der Waals surface area contributed by atoms with Gasteiger partial charge in [0.25, 0.3) is 0 Å². The van der Waals surface area contributed by atoms with Crippen molar-refractivity contribution < 1.29 is 14.3 Å². The minimum absolute atomic E-state index is 0.0555. The smallest absolute Gasteiger partial charge is 0.244 e. The van der Waals surface area contributed by atoms with E-state index in [1.165, 1.54) is 0 Å².